The maximum atomic E-state index is 12.4. The Balaban J connectivity index is 1.33. The van der Waals surface area contributed by atoms with Gasteiger partial charge < -0.3 is 19.2 Å². The van der Waals surface area contributed by atoms with E-state index in [4.69, 9.17) is 14.2 Å². The van der Waals surface area contributed by atoms with Crippen LogP contribution >= 0.6 is 0 Å². The summed E-state index contributed by atoms with van der Waals surface area (Å²) in [5.74, 6) is 1.22. The van der Waals surface area contributed by atoms with E-state index < -0.39 is 5.97 Å². The van der Waals surface area contributed by atoms with Gasteiger partial charge >= 0.3 is 5.97 Å². The number of nitrogens with zero attached hydrogens (tertiary/aromatic N) is 2. The third-order valence-corrected chi connectivity index (χ3v) is 6.28. The lowest BCUT2D eigenvalue weighted by atomic mass is 9.98. The average molecular weight is 472 g/mol. The van der Waals surface area contributed by atoms with Gasteiger partial charge in [0.15, 0.2) is 0 Å². The Morgan fingerprint density at radius 2 is 1.74 bits per heavy atom. The van der Waals surface area contributed by atoms with Crippen LogP contribution in [0.3, 0.4) is 0 Å². The minimum atomic E-state index is -0.398. The van der Waals surface area contributed by atoms with Crippen LogP contribution in [-0.2, 0) is 9.47 Å². The number of aryl methyl sites for hydroxylation is 1. The van der Waals surface area contributed by atoms with E-state index in [1.165, 1.54) is 7.11 Å². The monoisotopic (exact) mass is 471 g/mol. The summed E-state index contributed by atoms with van der Waals surface area (Å²) in [6, 6.07) is 20.3. The molecule has 2 heterocycles. The summed E-state index contributed by atoms with van der Waals surface area (Å²) in [6.45, 7) is 6.94. The molecule has 0 bridgehead atoms. The molecule has 0 unspecified atom stereocenters. The third kappa shape index (κ3) is 5.21. The van der Waals surface area contributed by atoms with Gasteiger partial charge in [-0.15, -0.1) is 0 Å². The zero-order chi connectivity index (χ0) is 24.2. The number of carbonyl (C=O) groups excluding carboxylic acids is 1. The molecule has 0 aliphatic carbocycles. The Bertz CT molecular complexity index is 1320. The highest BCUT2D eigenvalue weighted by atomic mass is 16.5. The number of esters is 1. The molecular formula is C28H29N3O4. The largest absolute Gasteiger partial charge is 0.492 e. The molecule has 5 rings (SSSR count). The SMILES string of the molecule is COC(=O)c1cc(-c2ccc(-c3cccc(OCCN4CCOCC4)c3)cc2)cc2[nH]c(C)nc12. The highest BCUT2D eigenvalue weighted by Gasteiger charge is 2.16. The molecule has 180 valence electrons. The fourth-order valence-corrected chi connectivity index (χ4v) is 4.41. The van der Waals surface area contributed by atoms with Gasteiger partial charge in [0.25, 0.3) is 0 Å². The van der Waals surface area contributed by atoms with Crippen molar-refractivity contribution >= 4 is 17.0 Å². The van der Waals surface area contributed by atoms with Gasteiger partial charge in [0.2, 0.25) is 0 Å². The molecule has 4 aromatic rings. The number of nitrogens with one attached hydrogen (secondary N) is 1. The van der Waals surface area contributed by atoms with Crippen LogP contribution in [0, 0.1) is 6.92 Å². The Labute approximate surface area is 204 Å². The average Bonchev–Trinajstić information content (AvgIpc) is 3.28. The number of methoxy groups -OCH3 is 1. The number of aromatic amines is 1. The van der Waals surface area contributed by atoms with E-state index >= 15 is 0 Å². The number of aromatic nitrogens is 2. The first-order chi connectivity index (χ1) is 17.1. The van der Waals surface area contributed by atoms with Crippen LogP contribution in [0.4, 0.5) is 0 Å². The molecule has 1 fully saturated rings. The standard InChI is InChI=1S/C28H29N3O4/c1-19-29-26-18-23(17-25(27(26)30-19)28(32)33-2)21-8-6-20(7-9-21)22-4-3-5-24(16-22)35-15-12-31-10-13-34-14-11-31/h3-9,16-18H,10-15H2,1-2H3,(H,29,30). The summed E-state index contributed by atoms with van der Waals surface area (Å²) >= 11 is 0. The van der Waals surface area contributed by atoms with Crippen molar-refractivity contribution in [3.8, 4) is 28.0 Å². The molecule has 7 heteroatoms. The molecule has 3 aromatic carbocycles. The van der Waals surface area contributed by atoms with Gasteiger partial charge in [-0.2, -0.15) is 0 Å². The zero-order valence-corrected chi connectivity index (χ0v) is 20.0. The number of carbonyl (C=O) groups is 1. The van der Waals surface area contributed by atoms with E-state index in [2.05, 4.69) is 51.3 Å². The smallest absolute Gasteiger partial charge is 0.340 e. The lowest BCUT2D eigenvalue weighted by Crippen LogP contribution is -2.38. The van der Waals surface area contributed by atoms with Crippen LogP contribution in [0.15, 0.2) is 60.7 Å². The first kappa shape index (κ1) is 23.1. The zero-order valence-electron chi connectivity index (χ0n) is 20.0. The molecular weight excluding hydrogens is 442 g/mol. The number of H-pyrrole nitrogens is 1. The lowest BCUT2D eigenvalue weighted by Gasteiger charge is -2.26. The maximum Gasteiger partial charge on any atom is 0.340 e. The van der Waals surface area contributed by atoms with Crippen LogP contribution in [0.25, 0.3) is 33.3 Å². The quantitative estimate of drug-likeness (QED) is 0.394. The number of ether oxygens (including phenoxy) is 3. The van der Waals surface area contributed by atoms with Crippen LogP contribution in [0.2, 0.25) is 0 Å². The Kier molecular flexibility index (Phi) is 6.79. The highest BCUT2D eigenvalue weighted by molar-refractivity contribution is 6.04. The van der Waals surface area contributed by atoms with Gasteiger partial charge in [-0.05, 0) is 53.4 Å². The van der Waals surface area contributed by atoms with E-state index in [-0.39, 0.29) is 0 Å². The first-order valence-electron chi connectivity index (χ1n) is 11.8. The molecule has 0 radical (unpaired) electrons. The number of imidazole rings is 1. The second-order valence-corrected chi connectivity index (χ2v) is 8.64. The van der Waals surface area contributed by atoms with E-state index in [1.807, 2.05) is 31.2 Å². The number of hydrogen-bond acceptors (Lipinski definition) is 6. The molecule has 1 aliphatic rings. The van der Waals surface area contributed by atoms with E-state index in [9.17, 15) is 4.79 Å². The van der Waals surface area contributed by atoms with E-state index in [1.54, 1.807) is 0 Å². The van der Waals surface area contributed by atoms with Crippen LogP contribution < -0.4 is 4.74 Å². The van der Waals surface area contributed by atoms with Crippen molar-refractivity contribution in [2.75, 3.05) is 46.6 Å². The van der Waals surface area contributed by atoms with Crippen LogP contribution in [0.1, 0.15) is 16.2 Å². The van der Waals surface area contributed by atoms with Crippen molar-refractivity contribution in [1.29, 1.82) is 0 Å². The van der Waals surface area contributed by atoms with Gasteiger partial charge in [-0.25, -0.2) is 9.78 Å². The predicted octanol–water partition coefficient (Wildman–Crippen LogP) is 4.70. The van der Waals surface area contributed by atoms with Crippen molar-refractivity contribution in [3.05, 3.63) is 72.1 Å². The minimum Gasteiger partial charge on any atom is -0.492 e. The molecule has 35 heavy (non-hydrogen) atoms. The summed E-state index contributed by atoms with van der Waals surface area (Å²) in [7, 11) is 1.38. The number of morpholine rings is 1. The fraction of sp³-hybridized carbons (Fsp3) is 0.286. The molecule has 7 nitrogen and oxygen atoms in total. The second kappa shape index (κ2) is 10.3. The molecule has 0 saturated carbocycles. The van der Waals surface area contributed by atoms with Gasteiger partial charge in [0, 0.05) is 19.6 Å². The van der Waals surface area contributed by atoms with Crippen molar-refractivity contribution in [2.24, 2.45) is 0 Å². The van der Waals surface area contributed by atoms with Crippen molar-refractivity contribution in [2.45, 2.75) is 6.92 Å². The van der Waals surface area contributed by atoms with E-state index in [0.717, 1.165) is 72.2 Å². The predicted molar refractivity (Wildman–Crippen MR) is 136 cm³/mol. The lowest BCUT2D eigenvalue weighted by molar-refractivity contribution is 0.0322. The summed E-state index contributed by atoms with van der Waals surface area (Å²) in [5, 5.41) is 0. The molecule has 0 atom stereocenters. The number of hydrogen-bond donors (Lipinski definition) is 1. The Morgan fingerprint density at radius 3 is 2.49 bits per heavy atom. The number of rotatable bonds is 7. The van der Waals surface area contributed by atoms with Gasteiger partial charge in [-0.3, -0.25) is 4.90 Å². The summed E-state index contributed by atoms with van der Waals surface area (Å²) in [6.07, 6.45) is 0. The first-order valence-corrected chi connectivity index (χ1v) is 11.8. The van der Waals surface area contributed by atoms with Crippen LogP contribution in [0.5, 0.6) is 5.75 Å². The van der Waals surface area contributed by atoms with E-state index in [0.29, 0.717) is 17.7 Å². The minimum absolute atomic E-state index is 0.398. The van der Waals surface area contributed by atoms with Gasteiger partial charge in [-0.1, -0.05) is 36.4 Å². The van der Waals surface area contributed by atoms with Crippen LogP contribution in [-0.4, -0.2) is 67.4 Å². The molecule has 0 amide bonds. The molecule has 1 aromatic heterocycles. The Morgan fingerprint density at radius 1 is 1.00 bits per heavy atom. The maximum absolute atomic E-state index is 12.4. The van der Waals surface area contributed by atoms with Crippen molar-refractivity contribution < 1.29 is 19.0 Å². The summed E-state index contributed by atoms with van der Waals surface area (Å²) in [4.78, 5) is 22.4. The molecule has 1 aliphatic heterocycles. The normalized spacial score (nSPS) is 14.2. The number of fused-ring (bicyclic) bond motifs is 1. The summed E-state index contributed by atoms with van der Waals surface area (Å²) < 4.78 is 16.4. The topological polar surface area (TPSA) is 76.7 Å². The highest BCUT2D eigenvalue weighted by Crippen LogP contribution is 2.30. The Hall–Kier alpha value is -3.68. The third-order valence-electron chi connectivity index (χ3n) is 6.28. The van der Waals surface area contributed by atoms with Crippen molar-refractivity contribution in [1.82, 2.24) is 14.9 Å². The fourth-order valence-electron chi connectivity index (χ4n) is 4.41. The van der Waals surface area contributed by atoms with Gasteiger partial charge in [0.1, 0.15) is 23.7 Å². The van der Waals surface area contributed by atoms with Gasteiger partial charge in [0.05, 0.1) is 31.4 Å². The molecule has 1 saturated heterocycles. The summed E-state index contributed by atoms with van der Waals surface area (Å²) in [5.41, 5.74) is 6.01. The molecule has 1 N–H and O–H groups in total. The van der Waals surface area contributed by atoms with Crippen molar-refractivity contribution in [3.63, 3.8) is 0 Å². The second-order valence-electron chi connectivity index (χ2n) is 8.64. The number of benzene rings is 3. The molecule has 0 spiro atoms.